The highest BCUT2D eigenvalue weighted by atomic mass is 16.3. The first-order chi connectivity index (χ1) is 5.82. The largest absolute Gasteiger partial charge is 0.388 e. The molecule has 0 bridgehead atoms. The van der Waals surface area contributed by atoms with E-state index in [1.165, 1.54) is 4.90 Å². The molecule has 0 aliphatic carbocycles. The number of β-amino-alcohol motifs (C(OH)–C–C–N with tert-alkyl or cyclic N) is 2. The third kappa shape index (κ3) is 2.19. The van der Waals surface area contributed by atoms with Crippen LogP contribution in [0.2, 0.25) is 0 Å². The van der Waals surface area contributed by atoms with E-state index in [1.807, 2.05) is 20.8 Å². The van der Waals surface area contributed by atoms with Crippen molar-refractivity contribution in [2.75, 3.05) is 13.1 Å². The lowest BCUT2D eigenvalue weighted by Gasteiger charge is -2.25. The summed E-state index contributed by atoms with van der Waals surface area (Å²) in [4.78, 5) is 13.2. The van der Waals surface area contributed by atoms with E-state index in [4.69, 9.17) is 0 Å². The highest BCUT2D eigenvalue weighted by molar-refractivity contribution is 5.81. The van der Waals surface area contributed by atoms with Gasteiger partial charge < -0.3 is 15.1 Å². The third-order valence-corrected chi connectivity index (χ3v) is 2.19. The molecule has 1 fully saturated rings. The number of nitrogens with zero attached hydrogens (tertiary/aromatic N) is 1. The molecule has 4 heteroatoms. The molecule has 1 heterocycles. The van der Waals surface area contributed by atoms with Crippen LogP contribution in [-0.2, 0) is 4.79 Å². The second-order valence-corrected chi connectivity index (χ2v) is 4.59. The lowest BCUT2D eigenvalue weighted by atomic mass is 9.95. The van der Waals surface area contributed by atoms with Crippen LogP contribution in [0.3, 0.4) is 0 Å². The number of aliphatic hydroxyl groups excluding tert-OH is 2. The Hall–Kier alpha value is -0.610. The Morgan fingerprint density at radius 2 is 1.62 bits per heavy atom. The normalized spacial score (nSPS) is 29.5. The highest BCUT2D eigenvalue weighted by Gasteiger charge is 2.36. The van der Waals surface area contributed by atoms with Gasteiger partial charge in [-0.2, -0.15) is 0 Å². The number of carbonyl (C=O) groups is 1. The minimum Gasteiger partial charge on any atom is -0.388 e. The lowest BCUT2D eigenvalue weighted by molar-refractivity contribution is -0.138. The molecule has 1 aliphatic heterocycles. The van der Waals surface area contributed by atoms with Crippen LogP contribution in [0.4, 0.5) is 0 Å². The Morgan fingerprint density at radius 1 is 1.23 bits per heavy atom. The van der Waals surface area contributed by atoms with Crippen molar-refractivity contribution in [3.8, 4) is 0 Å². The molecule has 0 spiro atoms. The summed E-state index contributed by atoms with van der Waals surface area (Å²) < 4.78 is 0. The molecular formula is C9H17NO3. The third-order valence-electron chi connectivity index (χ3n) is 2.19. The number of carbonyl (C=O) groups excluding carboxylic acids is 1. The van der Waals surface area contributed by atoms with Crippen LogP contribution in [0.5, 0.6) is 0 Å². The van der Waals surface area contributed by atoms with Crippen LogP contribution in [0.1, 0.15) is 20.8 Å². The van der Waals surface area contributed by atoms with Crippen molar-refractivity contribution in [1.29, 1.82) is 0 Å². The molecule has 0 saturated carbocycles. The topological polar surface area (TPSA) is 60.8 Å². The number of rotatable bonds is 0. The fourth-order valence-electron chi connectivity index (χ4n) is 1.41. The summed E-state index contributed by atoms with van der Waals surface area (Å²) in [6.07, 6.45) is -1.57. The predicted molar refractivity (Wildman–Crippen MR) is 48.0 cm³/mol. The number of aliphatic hydroxyl groups is 2. The molecule has 76 valence electrons. The molecule has 0 aromatic rings. The van der Waals surface area contributed by atoms with Gasteiger partial charge in [-0.3, -0.25) is 4.79 Å². The van der Waals surface area contributed by atoms with E-state index in [0.717, 1.165) is 0 Å². The van der Waals surface area contributed by atoms with Gasteiger partial charge in [-0.25, -0.2) is 0 Å². The first-order valence-electron chi connectivity index (χ1n) is 4.48. The highest BCUT2D eigenvalue weighted by Crippen LogP contribution is 2.21. The van der Waals surface area contributed by atoms with Crippen molar-refractivity contribution < 1.29 is 15.0 Å². The minimum atomic E-state index is -0.786. The average Bonchev–Trinajstić information content (AvgIpc) is 2.29. The first kappa shape index (κ1) is 10.5. The maximum absolute atomic E-state index is 11.7. The van der Waals surface area contributed by atoms with E-state index < -0.39 is 17.6 Å². The van der Waals surface area contributed by atoms with Gasteiger partial charge in [0, 0.05) is 18.5 Å². The summed E-state index contributed by atoms with van der Waals surface area (Å²) >= 11 is 0. The van der Waals surface area contributed by atoms with Crippen molar-refractivity contribution in [2.24, 2.45) is 5.41 Å². The molecule has 1 aliphatic rings. The van der Waals surface area contributed by atoms with Crippen LogP contribution in [0.15, 0.2) is 0 Å². The monoisotopic (exact) mass is 187 g/mol. The molecular weight excluding hydrogens is 170 g/mol. The van der Waals surface area contributed by atoms with Gasteiger partial charge >= 0.3 is 0 Å². The van der Waals surface area contributed by atoms with Crippen LogP contribution in [0, 0.1) is 5.41 Å². The average molecular weight is 187 g/mol. The second kappa shape index (κ2) is 3.27. The summed E-state index contributed by atoms with van der Waals surface area (Å²) in [5.41, 5.74) is -0.441. The number of likely N-dealkylation sites (tertiary alicyclic amines) is 1. The van der Waals surface area contributed by atoms with Crippen molar-refractivity contribution in [3.05, 3.63) is 0 Å². The Balaban J connectivity index is 2.61. The first-order valence-corrected chi connectivity index (χ1v) is 4.48. The summed E-state index contributed by atoms with van der Waals surface area (Å²) in [6, 6.07) is 0. The van der Waals surface area contributed by atoms with Gasteiger partial charge in [0.1, 0.15) is 0 Å². The number of hydrogen-bond acceptors (Lipinski definition) is 3. The van der Waals surface area contributed by atoms with Crippen LogP contribution < -0.4 is 0 Å². The standard InChI is InChI=1S/C9H17NO3/c1-9(2,3)8(13)10-4-6(11)7(12)5-10/h6-7,11-12H,4-5H2,1-3H3. The number of amides is 1. The zero-order chi connectivity index (χ0) is 10.2. The van der Waals surface area contributed by atoms with E-state index in [1.54, 1.807) is 0 Å². The Kier molecular flexibility index (Phi) is 2.63. The fourth-order valence-corrected chi connectivity index (χ4v) is 1.41. The van der Waals surface area contributed by atoms with E-state index in [9.17, 15) is 15.0 Å². The maximum Gasteiger partial charge on any atom is 0.228 e. The van der Waals surface area contributed by atoms with Crippen LogP contribution in [-0.4, -0.2) is 46.3 Å². The van der Waals surface area contributed by atoms with Crippen molar-refractivity contribution in [1.82, 2.24) is 4.90 Å². The second-order valence-electron chi connectivity index (χ2n) is 4.59. The predicted octanol–water partition coefficient (Wildman–Crippen LogP) is -0.404. The van der Waals surface area contributed by atoms with Crippen molar-refractivity contribution in [3.63, 3.8) is 0 Å². The SMILES string of the molecule is CC(C)(C)C(=O)N1CC(O)C(O)C1. The molecule has 1 amide bonds. The summed E-state index contributed by atoms with van der Waals surface area (Å²) in [5, 5.41) is 18.5. The van der Waals surface area contributed by atoms with E-state index in [-0.39, 0.29) is 19.0 Å². The molecule has 0 radical (unpaired) electrons. The summed E-state index contributed by atoms with van der Waals surface area (Å²) in [7, 11) is 0. The molecule has 0 aromatic heterocycles. The zero-order valence-electron chi connectivity index (χ0n) is 8.32. The quantitative estimate of drug-likeness (QED) is 0.542. The Morgan fingerprint density at radius 3 is 1.92 bits per heavy atom. The zero-order valence-corrected chi connectivity index (χ0v) is 8.32. The van der Waals surface area contributed by atoms with Crippen molar-refractivity contribution in [2.45, 2.75) is 33.0 Å². The smallest absolute Gasteiger partial charge is 0.228 e. The van der Waals surface area contributed by atoms with Gasteiger partial charge in [-0.1, -0.05) is 20.8 Å². The summed E-state index contributed by atoms with van der Waals surface area (Å²) in [5.74, 6) is -0.0249. The fraction of sp³-hybridized carbons (Fsp3) is 0.889. The molecule has 2 unspecified atom stereocenters. The van der Waals surface area contributed by atoms with Gasteiger partial charge in [0.2, 0.25) is 5.91 Å². The molecule has 2 N–H and O–H groups in total. The van der Waals surface area contributed by atoms with Crippen molar-refractivity contribution >= 4 is 5.91 Å². The Bertz CT molecular complexity index is 199. The Labute approximate surface area is 78.2 Å². The van der Waals surface area contributed by atoms with Gasteiger partial charge in [0.15, 0.2) is 0 Å². The number of hydrogen-bond donors (Lipinski definition) is 2. The van der Waals surface area contributed by atoms with E-state index >= 15 is 0 Å². The van der Waals surface area contributed by atoms with Gasteiger partial charge in [0.05, 0.1) is 12.2 Å². The molecule has 4 nitrogen and oxygen atoms in total. The van der Waals surface area contributed by atoms with Gasteiger partial charge in [0.25, 0.3) is 0 Å². The lowest BCUT2D eigenvalue weighted by Crippen LogP contribution is -2.38. The summed E-state index contributed by atoms with van der Waals surface area (Å²) in [6.45, 7) is 5.97. The van der Waals surface area contributed by atoms with Crippen LogP contribution >= 0.6 is 0 Å². The van der Waals surface area contributed by atoms with Crippen LogP contribution in [0.25, 0.3) is 0 Å². The molecule has 0 aromatic carbocycles. The maximum atomic E-state index is 11.7. The minimum absolute atomic E-state index is 0.0249. The van der Waals surface area contributed by atoms with E-state index in [2.05, 4.69) is 0 Å². The van der Waals surface area contributed by atoms with E-state index in [0.29, 0.717) is 0 Å². The van der Waals surface area contributed by atoms with Gasteiger partial charge in [-0.15, -0.1) is 0 Å². The molecule has 13 heavy (non-hydrogen) atoms. The van der Waals surface area contributed by atoms with Gasteiger partial charge in [-0.05, 0) is 0 Å². The molecule has 1 rings (SSSR count). The molecule has 1 saturated heterocycles. The molecule has 2 atom stereocenters.